The SMILES string of the molecule is COc1ccc(CNC(=O)N2CCCN(Cc3c(C)noc3C)CC2)cc1. The number of benzene rings is 1. The van der Waals surface area contributed by atoms with Gasteiger partial charge in [0.2, 0.25) is 0 Å². The topological polar surface area (TPSA) is 70.8 Å². The number of hydrogen-bond acceptors (Lipinski definition) is 5. The molecule has 27 heavy (non-hydrogen) atoms. The van der Waals surface area contributed by atoms with E-state index >= 15 is 0 Å². The third-order valence-corrected chi connectivity index (χ3v) is 5.04. The summed E-state index contributed by atoms with van der Waals surface area (Å²) in [6, 6.07) is 7.73. The van der Waals surface area contributed by atoms with Crippen molar-refractivity contribution in [2.45, 2.75) is 33.4 Å². The number of urea groups is 1. The molecule has 1 aliphatic rings. The number of aromatic nitrogens is 1. The molecule has 7 nitrogen and oxygen atoms in total. The number of carbonyl (C=O) groups is 1. The molecule has 0 spiro atoms. The first-order valence-corrected chi connectivity index (χ1v) is 9.36. The number of hydrogen-bond donors (Lipinski definition) is 1. The predicted octanol–water partition coefficient (Wildman–Crippen LogP) is 2.72. The lowest BCUT2D eigenvalue weighted by Crippen LogP contribution is -2.41. The normalized spacial score (nSPS) is 15.4. The highest BCUT2D eigenvalue weighted by atomic mass is 16.5. The predicted molar refractivity (Wildman–Crippen MR) is 103 cm³/mol. The summed E-state index contributed by atoms with van der Waals surface area (Å²) in [5.41, 5.74) is 3.16. The van der Waals surface area contributed by atoms with Crippen molar-refractivity contribution in [3.8, 4) is 5.75 Å². The van der Waals surface area contributed by atoms with Gasteiger partial charge >= 0.3 is 6.03 Å². The van der Waals surface area contributed by atoms with Gasteiger partial charge in [-0.05, 0) is 38.0 Å². The minimum atomic E-state index is -0.00925. The molecule has 1 aliphatic heterocycles. The van der Waals surface area contributed by atoms with Crippen LogP contribution in [0, 0.1) is 13.8 Å². The van der Waals surface area contributed by atoms with Crippen LogP contribution in [-0.2, 0) is 13.1 Å². The van der Waals surface area contributed by atoms with Crippen LogP contribution in [0.4, 0.5) is 4.79 Å². The van der Waals surface area contributed by atoms with E-state index in [2.05, 4.69) is 15.4 Å². The van der Waals surface area contributed by atoms with Gasteiger partial charge in [-0.15, -0.1) is 0 Å². The Hall–Kier alpha value is -2.54. The number of nitrogens with zero attached hydrogens (tertiary/aromatic N) is 3. The fourth-order valence-corrected chi connectivity index (χ4v) is 3.32. The first-order valence-electron chi connectivity index (χ1n) is 9.36. The zero-order valence-electron chi connectivity index (χ0n) is 16.3. The van der Waals surface area contributed by atoms with E-state index in [1.807, 2.05) is 43.0 Å². The number of aryl methyl sites for hydroxylation is 2. The highest BCUT2D eigenvalue weighted by Gasteiger charge is 2.21. The summed E-state index contributed by atoms with van der Waals surface area (Å²) in [6.07, 6.45) is 0.958. The van der Waals surface area contributed by atoms with E-state index < -0.39 is 0 Å². The Bertz CT molecular complexity index is 738. The molecule has 1 fully saturated rings. The average Bonchev–Trinajstić information content (AvgIpc) is 2.88. The van der Waals surface area contributed by atoms with Gasteiger partial charge in [0.05, 0.1) is 12.8 Å². The van der Waals surface area contributed by atoms with Gasteiger partial charge in [-0.1, -0.05) is 17.3 Å². The largest absolute Gasteiger partial charge is 0.497 e. The van der Waals surface area contributed by atoms with Crippen LogP contribution in [0.1, 0.15) is 29.0 Å². The van der Waals surface area contributed by atoms with E-state index in [-0.39, 0.29) is 6.03 Å². The molecular weight excluding hydrogens is 344 g/mol. The third kappa shape index (κ3) is 5.01. The first kappa shape index (κ1) is 19.2. The minimum absolute atomic E-state index is 0.00925. The molecule has 0 unspecified atom stereocenters. The second kappa shape index (κ2) is 8.90. The number of nitrogens with one attached hydrogen (secondary N) is 1. The Morgan fingerprint density at radius 3 is 2.63 bits per heavy atom. The lowest BCUT2D eigenvalue weighted by molar-refractivity contribution is 0.197. The molecule has 7 heteroatoms. The smallest absolute Gasteiger partial charge is 0.317 e. The summed E-state index contributed by atoms with van der Waals surface area (Å²) in [4.78, 5) is 16.8. The third-order valence-electron chi connectivity index (χ3n) is 5.04. The Morgan fingerprint density at radius 1 is 1.19 bits per heavy atom. The summed E-state index contributed by atoms with van der Waals surface area (Å²) in [7, 11) is 1.64. The van der Waals surface area contributed by atoms with Crippen LogP contribution >= 0.6 is 0 Å². The van der Waals surface area contributed by atoms with Crippen LogP contribution in [0.2, 0.25) is 0 Å². The van der Waals surface area contributed by atoms with E-state index in [1.54, 1.807) is 7.11 Å². The van der Waals surface area contributed by atoms with Crippen LogP contribution in [-0.4, -0.2) is 54.3 Å². The van der Waals surface area contributed by atoms with Gasteiger partial charge < -0.3 is 19.5 Å². The summed E-state index contributed by atoms with van der Waals surface area (Å²) in [5, 5.41) is 7.04. The van der Waals surface area contributed by atoms with Crippen LogP contribution < -0.4 is 10.1 Å². The van der Waals surface area contributed by atoms with Crippen molar-refractivity contribution in [1.82, 2.24) is 20.3 Å². The van der Waals surface area contributed by atoms with Gasteiger partial charge in [0.1, 0.15) is 11.5 Å². The maximum atomic E-state index is 12.5. The summed E-state index contributed by atoms with van der Waals surface area (Å²) in [6.45, 7) is 8.57. The molecule has 3 rings (SSSR count). The summed E-state index contributed by atoms with van der Waals surface area (Å²) in [5.74, 6) is 1.70. The van der Waals surface area contributed by atoms with Gasteiger partial charge in [0.25, 0.3) is 0 Å². The quantitative estimate of drug-likeness (QED) is 0.874. The monoisotopic (exact) mass is 372 g/mol. The van der Waals surface area contributed by atoms with Crippen LogP contribution in [0.15, 0.2) is 28.8 Å². The molecule has 0 atom stereocenters. The van der Waals surface area contributed by atoms with Crippen molar-refractivity contribution in [2.75, 3.05) is 33.3 Å². The molecule has 0 radical (unpaired) electrons. The number of carbonyl (C=O) groups excluding carboxylic acids is 1. The van der Waals surface area contributed by atoms with E-state index in [4.69, 9.17) is 9.26 Å². The van der Waals surface area contributed by atoms with Crippen LogP contribution in [0.5, 0.6) is 5.75 Å². The lowest BCUT2D eigenvalue weighted by atomic mass is 10.2. The molecule has 2 aromatic rings. The van der Waals surface area contributed by atoms with Crippen molar-refractivity contribution in [2.24, 2.45) is 0 Å². The van der Waals surface area contributed by atoms with Crippen LogP contribution in [0.3, 0.4) is 0 Å². The molecule has 2 heterocycles. The molecule has 0 saturated carbocycles. The Kier molecular flexibility index (Phi) is 6.34. The first-order chi connectivity index (χ1) is 13.1. The van der Waals surface area contributed by atoms with Crippen molar-refractivity contribution in [3.63, 3.8) is 0 Å². The minimum Gasteiger partial charge on any atom is -0.497 e. The average molecular weight is 372 g/mol. The number of methoxy groups -OCH3 is 1. The molecule has 1 aromatic carbocycles. The molecule has 0 bridgehead atoms. The molecule has 2 amide bonds. The fraction of sp³-hybridized carbons (Fsp3) is 0.500. The lowest BCUT2D eigenvalue weighted by Gasteiger charge is -2.22. The summed E-state index contributed by atoms with van der Waals surface area (Å²) < 4.78 is 10.4. The van der Waals surface area contributed by atoms with E-state index in [0.29, 0.717) is 6.54 Å². The Morgan fingerprint density at radius 2 is 1.96 bits per heavy atom. The van der Waals surface area contributed by atoms with Gasteiger partial charge in [-0.25, -0.2) is 4.79 Å². The van der Waals surface area contributed by atoms with Crippen molar-refractivity contribution in [1.29, 1.82) is 0 Å². The van der Waals surface area contributed by atoms with Gasteiger partial charge in [-0.3, -0.25) is 4.90 Å². The standard InChI is InChI=1S/C20H28N4O3/c1-15-19(16(2)27-22-15)14-23-9-4-10-24(12-11-23)20(25)21-13-17-5-7-18(26-3)8-6-17/h5-8H,4,9-14H2,1-3H3,(H,21,25). The highest BCUT2D eigenvalue weighted by molar-refractivity contribution is 5.74. The maximum Gasteiger partial charge on any atom is 0.317 e. The second-order valence-corrected chi connectivity index (χ2v) is 6.93. The Labute approximate surface area is 160 Å². The van der Waals surface area contributed by atoms with Gasteiger partial charge in [0, 0.05) is 44.8 Å². The maximum absolute atomic E-state index is 12.5. The van der Waals surface area contributed by atoms with E-state index in [1.165, 1.54) is 0 Å². The Balaban J connectivity index is 1.48. The van der Waals surface area contributed by atoms with E-state index in [9.17, 15) is 4.79 Å². The fourth-order valence-electron chi connectivity index (χ4n) is 3.32. The molecule has 146 valence electrons. The molecule has 1 N–H and O–H groups in total. The highest BCUT2D eigenvalue weighted by Crippen LogP contribution is 2.16. The molecule has 1 aromatic heterocycles. The van der Waals surface area contributed by atoms with Crippen molar-refractivity contribution in [3.05, 3.63) is 46.8 Å². The second-order valence-electron chi connectivity index (χ2n) is 6.93. The van der Waals surface area contributed by atoms with E-state index in [0.717, 1.165) is 67.5 Å². The van der Waals surface area contributed by atoms with Crippen molar-refractivity contribution >= 4 is 6.03 Å². The van der Waals surface area contributed by atoms with Crippen molar-refractivity contribution < 1.29 is 14.1 Å². The molecular formula is C20H28N4O3. The van der Waals surface area contributed by atoms with Gasteiger partial charge in [0.15, 0.2) is 0 Å². The molecule has 1 saturated heterocycles. The molecule has 0 aliphatic carbocycles. The summed E-state index contributed by atoms with van der Waals surface area (Å²) >= 11 is 0. The van der Waals surface area contributed by atoms with Crippen LogP contribution in [0.25, 0.3) is 0 Å². The number of ether oxygens (including phenoxy) is 1. The number of rotatable bonds is 5. The van der Waals surface area contributed by atoms with Gasteiger partial charge in [-0.2, -0.15) is 0 Å². The zero-order valence-corrected chi connectivity index (χ0v) is 16.3. The zero-order chi connectivity index (χ0) is 19.2. The number of amides is 2.